The SMILES string of the molecule is O=C(NCC1CCN(CC2Nc3ccc4c(c3N2)OCCO4)CC1)c1ccccn1. The van der Waals surface area contributed by atoms with E-state index in [1.54, 1.807) is 12.3 Å². The Labute approximate surface area is 176 Å². The first kappa shape index (κ1) is 19.0. The van der Waals surface area contributed by atoms with Gasteiger partial charge in [0.25, 0.3) is 5.91 Å². The number of piperidine rings is 1. The minimum absolute atomic E-state index is 0.0929. The van der Waals surface area contributed by atoms with Gasteiger partial charge in [-0.1, -0.05) is 6.07 Å². The number of ether oxygens (including phenoxy) is 2. The van der Waals surface area contributed by atoms with E-state index in [1.165, 1.54) is 0 Å². The van der Waals surface area contributed by atoms with Crippen molar-refractivity contribution >= 4 is 17.3 Å². The van der Waals surface area contributed by atoms with Gasteiger partial charge in [-0.2, -0.15) is 0 Å². The van der Waals surface area contributed by atoms with Gasteiger partial charge in [-0.25, -0.2) is 0 Å². The summed E-state index contributed by atoms with van der Waals surface area (Å²) in [5.74, 6) is 2.04. The molecule has 0 aliphatic carbocycles. The van der Waals surface area contributed by atoms with Crippen molar-refractivity contribution in [2.45, 2.75) is 19.0 Å². The van der Waals surface area contributed by atoms with Crippen LogP contribution in [-0.2, 0) is 0 Å². The Bertz CT molecular complexity index is 899. The Morgan fingerprint density at radius 3 is 2.83 bits per heavy atom. The summed E-state index contributed by atoms with van der Waals surface area (Å²) in [7, 11) is 0. The van der Waals surface area contributed by atoms with Crippen molar-refractivity contribution < 1.29 is 14.3 Å². The Kier molecular flexibility index (Phi) is 5.31. The number of rotatable bonds is 5. The Balaban J connectivity index is 1.08. The second kappa shape index (κ2) is 8.39. The van der Waals surface area contributed by atoms with Gasteiger partial charge in [0.2, 0.25) is 0 Å². The molecule has 3 aliphatic heterocycles. The fourth-order valence-corrected chi connectivity index (χ4v) is 4.32. The number of fused-ring (bicyclic) bond motifs is 3. The van der Waals surface area contributed by atoms with Crippen LogP contribution in [0, 0.1) is 5.92 Å². The quantitative estimate of drug-likeness (QED) is 0.697. The summed E-state index contributed by atoms with van der Waals surface area (Å²) in [6, 6.07) is 9.40. The van der Waals surface area contributed by atoms with E-state index in [2.05, 4.69) is 25.8 Å². The molecule has 4 heterocycles. The molecule has 2 aromatic rings. The minimum atomic E-state index is -0.0929. The lowest BCUT2D eigenvalue weighted by molar-refractivity contribution is 0.0931. The van der Waals surface area contributed by atoms with Gasteiger partial charge in [-0.05, 0) is 56.1 Å². The molecule has 1 unspecified atom stereocenters. The smallest absolute Gasteiger partial charge is 0.269 e. The lowest BCUT2D eigenvalue weighted by Crippen LogP contribution is -2.44. The Morgan fingerprint density at radius 1 is 1.13 bits per heavy atom. The summed E-state index contributed by atoms with van der Waals surface area (Å²) in [6.45, 7) is 4.85. The van der Waals surface area contributed by atoms with Crippen LogP contribution >= 0.6 is 0 Å². The highest BCUT2D eigenvalue weighted by atomic mass is 16.6. The molecule has 1 aromatic heterocycles. The van der Waals surface area contributed by atoms with Crippen molar-refractivity contribution in [3.8, 4) is 11.5 Å². The standard InChI is InChI=1S/C22H27N5O3/c28-22(17-3-1-2-8-23-17)24-13-15-6-9-27(10-7-15)14-19-25-16-4-5-18-21(20(16)26-19)30-12-11-29-18/h1-5,8,15,19,25-26H,6-7,9-14H2,(H,24,28). The minimum Gasteiger partial charge on any atom is -0.486 e. The third-order valence-electron chi connectivity index (χ3n) is 5.95. The van der Waals surface area contributed by atoms with Crippen LogP contribution in [0.5, 0.6) is 11.5 Å². The van der Waals surface area contributed by atoms with Gasteiger partial charge in [-0.3, -0.25) is 14.7 Å². The number of amides is 1. The van der Waals surface area contributed by atoms with E-state index >= 15 is 0 Å². The molecule has 3 aliphatic rings. The van der Waals surface area contributed by atoms with Crippen molar-refractivity contribution in [3.05, 3.63) is 42.2 Å². The molecule has 1 fully saturated rings. The molecule has 30 heavy (non-hydrogen) atoms. The van der Waals surface area contributed by atoms with E-state index in [4.69, 9.17) is 9.47 Å². The van der Waals surface area contributed by atoms with Crippen molar-refractivity contribution in [2.24, 2.45) is 5.92 Å². The van der Waals surface area contributed by atoms with Gasteiger partial charge >= 0.3 is 0 Å². The number of carbonyl (C=O) groups excluding carboxylic acids is 1. The average molecular weight is 409 g/mol. The van der Waals surface area contributed by atoms with Crippen molar-refractivity contribution in [1.82, 2.24) is 15.2 Å². The summed E-state index contributed by atoms with van der Waals surface area (Å²) in [4.78, 5) is 18.7. The van der Waals surface area contributed by atoms with E-state index in [0.29, 0.717) is 31.4 Å². The van der Waals surface area contributed by atoms with Crippen molar-refractivity contribution in [2.75, 3.05) is 50.0 Å². The molecule has 0 radical (unpaired) electrons. The normalized spacial score (nSPS) is 20.7. The van der Waals surface area contributed by atoms with E-state index in [1.807, 2.05) is 24.3 Å². The maximum atomic E-state index is 12.2. The molecule has 5 rings (SSSR count). The summed E-state index contributed by atoms with van der Waals surface area (Å²) in [5, 5.41) is 10.1. The van der Waals surface area contributed by atoms with Crippen LogP contribution in [0.3, 0.4) is 0 Å². The molecular weight excluding hydrogens is 382 g/mol. The second-order valence-corrected chi connectivity index (χ2v) is 8.02. The zero-order valence-electron chi connectivity index (χ0n) is 16.9. The van der Waals surface area contributed by atoms with Crippen LogP contribution in [0.2, 0.25) is 0 Å². The monoisotopic (exact) mass is 409 g/mol. The number of pyridine rings is 1. The molecule has 8 heteroatoms. The van der Waals surface area contributed by atoms with Gasteiger partial charge in [0.15, 0.2) is 11.5 Å². The molecule has 1 aromatic carbocycles. The molecule has 158 valence electrons. The maximum absolute atomic E-state index is 12.2. The van der Waals surface area contributed by atoms with Crippen LogP contribution in [-0.4, -0.2) is 61.3 Å². The maximum Gasteiger partial charge on any atom is 0.269 e. The van der Waals surface area contributed by atoms with Crippen LogP contribution < -0.4 is 25.4 Å². The first-order valence-corrected chi connectivity index (χ1v) is 10.6. The molecule has 0 saturated carbocycles. The number of nitrogens with zero attached hydrogens (tertiary/aromatic N) is 2. The number of aromatic nitrogens is 1. The summed E-state index contributed by atoms with van der Waals surface area (Å²) >= 11 is 0. The number of benzene rings is 1. The summed E-state index contributed by atoms with van der Waals surface area (Å²) in [5.41, 5.74) is 2.55. The summed E-state index contributed by atoms with van der Waals surface area (Å²) in [6.07, 6.45) is 3.95. The van der Waals surface area contributed by atoms with Gasteiger partial charge < -0.3 is 25.4 Å². The molecule has 1 atom stereocenters. The van der Waals surface area contributed by atoms with Crippen LogP contribution in [0.15, 0.2) is 36.5 Å². The number of likely N-dealkylation sites (tertiary alicyclic amines) is 1. The molecule has 1 amide bonds. The van der Waals surface area contributed by atoms with Crippen molar-refractivity contribution in [1.29, 1.82) is 0 Å². The van der Waals surface area contributed by atoms with Crippen LogP contribution in [0.25, 0.3) is 0 Å². The lowest BCUT2D eigenvalue weighted by atomic mass is 9.96. The van der Waals surface area contributed by atoms with E-state index in [0.717, 1.165) is 55.3 Å². The van der Waals surface area contributed by atoms with E-state index < -0.39 is 0 Å². The zero-order valence-corrected chi connectivity index (χ0v) is 16.9. The highest BCUT2D eigenvalue weighted by Crippen LogP contribution is 2.45. The lowest BCUT2D eigenvalue weighted by Gasteiger charge is -2.33. The molecule has 3 N–H and O–H groups in total. The number of carbonyl (C=O) groups is 1. The molecule has 0 spiro atoms. The molecule has 0 bridgehead atoms. The molecule has 8 nitrogen and oxygen atoms in total. The van der Waals surface area contributed by atoms with Crippen LogP contribution in [0.1, 0.15) is 23.3 Å². The fourth-order valence-electron chi connectivity index (χ4n) is 4.32. The topological polar surface area (TPSA) is 87.8 Å². The Hall–Kier alpha value is -3.00. The zero-order chi connectivity index (χ0) is 20.3. The third-order valence-corrected chi connectivity index (χ3v) is 5.95. The average Bonchev–Trinajstić information content (AvgIpc) is 3.22. The van der Waals surface area contributed by atoms with Crippen molar-refractivity contribution in [3.63, 3.8) is 0 Å². The van der Waals surface area contributed by atoms with Gasteiger partial charge in [0.05, 0.1) is 5.69 Å². The van der Waals surface area contributed by atoms with E-state index in [-0.39, 0.29) is 12.1 Å². The predicted octanol–water partition coefficient (Wildman–Crippen LogP) is 2.16. The van der Waals surface area contributed by atoms with Gasteiger partial charge in [-0.15, -0.1) is 0 Å². The predicted molar refractivity (Wildman–Crippen MR) is 114 cm³/mol. The number of nitrogens with one attached hydrogen (secondary N) is 3. The third kappa shape index (κ3) is 4.00. The molecular formula is C22H27N5O3. The highest BCUT2D eigenvalue weighted by molar-refractivity contribution is 5.92. The first-order valence-electron chi connectivity index (χ1n) is 10.6. The number of hydrogen-bond donors (Lipinski definition) is 3. The second-order valence-electron chi connectivity index (χ2n) is 8.02. The van der Waals surface area contributed by atoms with Gasteiger partial charge in [0, 0.05) is 19.3 Å². The molecule has 1 saturated heterocycles. The van der Waals surface area contributed by atoms with Crippen LogP contribution in [0.4, 0.5) is 11.4 Å². The fraction of sp³-hybridized carbons (Fsp3) is 0.455. The summed E-state index contributed by atoms with van der Waals surface area (Å²) < 4.78 is 11.5. The number of anilines is 2. The first-order chi connectivity index (χ1) is 14.8. The Morgan fingerprint density at radius 2 is 2.00 bits per heavy atom. The van der Waals surface area contributed by atoms with E-state index in [9.17, 15) is 4.79 Å². The largest absolute Gasteiger partial charge is 0.486 e. The van der Waals surface area contributed by atoms with Gasteiger partial charge in [0.1, 0.15) is 30.8 Å². The highest BCUT2D eigenvalue weighted by Gasteiger charge is 2.29. The number of hydrogen-bond acceptors (Lipinski definition) is 7.